The summed E-state index contributed by atoms with van der Waals surface area (Å²) in [5.41, 5.74) is 1.32. The van der Waals surface area contributed by atoms with Crippen LogP contribution in [0.15, 0.2) is 47.8 Å². The molecular weight excluding hydrogens is 387 g/mol. The van der Waals surface area contributed by atoms with Crippen LogP contribution in [0.1, 0.15) is 34.0 Å². The summed E-state index contributed by atoms with van der Waals surface area (Å²) in [5.74, 6) is 0.325. The van der Waals surface area contributed by atoms with Crippen molar-refractivity contribution in [2.45, 2.75) is 31.6 Å². The Morgan fingerprint density at radius 1 is 1.25 bits per heavy atom. The van der Waals surface area contributed by atoms with Gasteiger partial charge < -0.3 is 5.32 Å². The number of rotatable bonds is 5. The summed E-state index contributed by atoms with van der Waals surface area (Å²) in [6.07, 6.45) is -1.14. The number of nitrogens with one attached hydrogen (secondary N) is 1. The molecule has 0 aliphatic carbocycles. The van der Waals surface area contributed by atoms with Crippen LogP contribution in [0, 0.1) is 6.92 Å². The zero-order valence-corrected chi connectivity index (χ0v) is 16.1. The number of carbonyl (C=O) groups is 1. The Hall–Kier alpha value is -2.61. The Kier molecular flexibility index (Phi) is 5.88. The number of amides is 1. The van der Waals surface area contributed by atoms with E-state index in [0.29, 0.717) is 33.8 Å². The van der Waals surface area contributed by atoms with Crippen molar-refractivity contribution in [3.05, 3.63) is 65.0 Å². The Bertz CT molecular complexity index is 1010. The highest BCUT2D eigenvalue weighted by molar-refractivity contribution is 7.99. The van der Waals surface area contributed by atoms with Gasteiger partial charge in [0.15, 0.2) is 0 Å². The van der Waals surface area contributed by atoms with Gasteiger partial charge in [-0.2, -0.15) is 13.2 Å². The topological polar surface area (TPSA) is 54.9 Å². The first-order chi connectivity index (χ1) is 13.3. The average molecular weight is 405 g/mol. The Morgan fingerprint density at radius 3 is 2.68 bits per heavy atom. The number of hydrogen-bond acceptors (Lipinski definition) is 4. The van der Waals surface area contributed by atoms with Crippen molar-refractivity contribution in [1.82, 2.24) is 15.3 Å². The molecule has 0 unspecified atom stereocenters. The lowest BCUT2D eigenvalue weighted by Gasteiger charge is -2.15. The van der Waals surface area contributed by atoms with Gasteiger partial charge in [-0.3, -0.25) is 9.78 Å². The summed E-state index contributed by atoms with van der Waals surface area (Å²) in [7, 11) is 0. The number of benzene rings is 1. The number of alkyl halides is 3. The molecule has 0 fully saturated rings. The standard InChI is InChI=1S/C20H18F3N3OS/c1-3-28-19-17(18(27)25-11-13-5-4-8-24-10-13)12(2)15-7-6-14(20(21,22)23)9-16(15)26-19/h4-10H,3,11H2,1-2H3,(H,25,27). The fourth-order valence-electron chi connectivity index (χ4n) is 2.86. The van der Waals surface area contributed by atoms with Crippen molar-refractivity contribution < 1.29 is 18.0 Å². The monoisotopic (exact) mass is 405 g/mol. The van der Waals surface area contributed by atoms with Gasteiger partial charge in [-0.25, -0.2) is 4.98 Å². The molecule has 2 heterocycles. The summed E-state index contributed by atoms with van der Waals surface area (Å²) in [6, 6.07) is 7.04. The van der Waals surface area contributed by atoms with E-state index in [1.807, 2.05) is 13.0 Å². The molecule has 3 aromatic rings. The molecule has 3 rings (SSSR count). The normalized spacial score (nSPS) is 11.6. The molecule has 0 atom stereocenters. The number of fused-ring (bicyclic) bond motifs is 1. The van der Waals surface area contributed by atoms with Crippen LogP contribution in [-0.4, -0.2) is 21.6 Å². The number of hydrogen-bond donors (Lipinski definition) is 1. The minimum atomic E-state index is -4.44. The van der Waals surface area contributed by atoms with Crippen LogP contribution in [-0.2, 0) is 12.7 Å². The van der Waals surface area contributed by atoms with E-state index in [-0.39, 0.29) is 11.4 Å². The van der Waals surface area contributed by atoms with E-state index in [4.69, 9.17) is 0 Å². The molecule has 0 spiro atoms. The molecule has 0 bridgehead atoms. The van der Waals surface area contributed by atoms with Gasteiger partial charge in [0.1, 0.15) is 5.03 Å². The molecule has 0 saturated heterocycles. The quantitative estimate of drug-likeness (QED) is 0.607. The minimum absolute atomic E-state index is 0.229. The van der Waals surface area contributed by atoms with Crippen LogP contribution in [0.4, 0.5) is 13.2 Å². The Balaban J connectivity index is 2.01. The third-order valence-corrected chi connectivity index (χ3v) is 5.08. The van der Waals surface area contributed by atoms with Crippen molar-refractivity contribution in [3.63, 3.8) is 0 Å². The van der Waals surface area contributed by atoms with Crippen molar-refractivity contribution in [1.29, 1.82) is 0 Å². The number of aromatic nitrogens is 2. The summed E-state index contributed by atoms with van der Waals surface area (Å²) in [4.78, 5) is 21.2. The number of nitrogens with zero attached hydrogens (tertiary/aromatic N) is 2. The molecule has 4 nitrogen and oxygen atoms in total. The second-order valence-corrected chi connectivity index (χ2v) is 7.38. The zero-order valence-electron chi connectivity index (χ0n) is 15.3. The molecule has 146 valence electrons. The SMILES string of the molecule is CCSc1nc2cc(C(F)(F)F)ccc2c(C)c1C(=O)NCc1cccnc1. The van der Waals surface area contributed by atoms with Crippen molar-refractivity contribution >= 4 is 28.6 Å². The maximum absolute atomic E-state index is 13.0. The van der Waals surface area contributed by atoms with E-state index < -0.39 is 11.7 Å². The van der Waals surface area contributed by atoms with Gasteiger partial charge in [-0.1, -0.05) is 19.1 Å². The van der Waals surface area contributed by atoms with Crippen molar-refractivity contribution in [2.24, 2.45) is 0 Å². The van der Waals surface area contributed by atoms with Crippen LogP contribution in [0.2, 0.25) is 0 Å². The lowest BCUT2D eigenvalue weighted by atomic mass is 10.0. The maximum Gasteiger partial charge on any atom is 0.416 e. The summed E-state index contributed by atoms with van der Waals surface area (Å²) in [5, 5.41) is 3.80. The summed E-state index contributed by atoms with van der Waals surface area (Å²) < 4.78 is 39.1. The van der Waals surface area contributed by atoms with Crippen LogP contribution in [0.3, 0.4) is 0 Å². The fraction of sp³-hybridized carbons (Fsp3) is 0.250. The lowest BCUT2D eigenvalue weighted by Crippen LogP contribution is -2.25. The highest BCUT2D eigenvalue weighted by Crippen LogP contribution is 2.34. The molecule has 0 aliphatic rings. The maximum atomic E-state index is 13.0. The number of thioether (sulfide) groups is 1. The van der Waals surface area contributed by atoms with Gasteiger partial charge in [-0.15, -0.1) is 11.8 Å². The molecule has 1 N–H and O–H groups in total. The second-order valence-electron chi connectivity index (χ2n) is 6.12. The molecule has 0 aliphatic heterocycles. The van der Waals surface area contributed by atoms with E-state index in [1.165, 1.54) is 17.8 Å². The van der Waals surface area contributed by atoms with Gasteiger partial charge in [0, 0.05) is 24.3 Å². The fourth-order valence-corrected chi connectivity index (χ4v) is 3.69. The van der Waals surface area contributed by atoms with Crippen molar-refractivity contribution in [3.8, 4) is 0 Å². The van der Waals surface area contributed by atoms with Gasteiger partial charge in [0.05, 0.1) is 16.6 Å². The number of aryl methyl sites for hydroxylation is 1. The van der Waals surface area contributed by atoms with Crippen LogP contribution >= 0.6 is 11.8 Å². The van der Waals surface area contributed by atoms with Gasteiger partial charge in [0.25, 0.3) is 5.91 Å². The molecule has 0 saturated carbocycles. The smallest absolute Gasteiger partial charge is 0.348 e. The third-order valence-electron chi connectivity index (χ3n) is 4.22. The first-order valence-electron chi connectivity index (χ1n) is 8.62. The second kappa shape index (κ2) is 8.18. The Labute approximate surface area is 164 Å². The van der Waals surface area contributed by atoms with Gasteiger partial charge in [-0.05, 0) is 42.0 Å². The van der Waals surface area contributed by atoms with Crippen LogP contribution < -0.4 is 5.32 Å². The minimum Gasteiger partial charge on any atom is -0.348 e. The van der Waals surface area contributed by atoms with Gasteiger partial charge >= 0.3 is 6.18 Å². The first-order valence-corrected chi connectivity index (χ1v) is 9.61. The van der Waals surface area contributed by atoms with Crippen LogP contribution in [0.25, 0.3) is 10.9 Å². The molecule has 28 heavy (non-hydrogen) atoms. The summed E-state index contributed by atoms with van der Waals surface area (Å²) >= 11 is 1.33. The van der Waals surface area contributed by atoms with E-state index in [9.17, 15) is 18.0 Å². The van der Waals surface area contributed by atoms with E-state index in [0.717, 1.165) is 17.7 Å². The number of carbonyl (C=O) groups excluding carboxylic acids is 1. The predicted molar refractivity (Wildman–Crippen MR) is 103 cm³/mol. The predicted octanol–water partition coefficient (Wildman–Crippen LogP) is 5.00. The first kappa shape index (κ1) is 20.1. The zero-order chi connectivity index (χ0) is 20.3. The lowest BCUT2D eigenvalue weighted by molar-refractivity contribution is -0.137. The summed E-state index contributed by atoms with van der Waals surface area (Å²) in [6.45, 7) is 3.93. The third kappa shape index (κ3) is 4.27. The van der Waals surface area contributed by atoms with E-state index in [2.05, 4.69) is 15.3 Å². The molecule has 8 heteroatoms. The number of pyridine rings is 2. The molecule has 0 radical (unpaired) electrons. The number of halogens is 3. The molecular formula is C20H18F3N3OS. The molecule has 1 amide bonds. The van der Waals surface area contributed by atoms with E-state index in [1.54, 1.807) is 25.4 Å². The molecule has 1 aromatic carbocycles. The van der Waals surface area contributed by atoms with E-state index >= 15 is 0 Å². The Morgan fingerprint density at radius 2 is 2.04 bits per heavy atom. The van der Waals surface area contributed by atoms with Gasteiger partial charge in [0.2, 0.25) is 0 Å². The average Bonchev–Trinajstić information content (AvgIpc) is 2.66. The highest BCUT2D eigenvalue weighted by Gasteiger charge is 2.31. The van der Waals surface area contributed by atoms with Crippen LogP contribution in [0.5, 0.6) is 0 Å². The highest BCUT2D eigenvalue weighted by atomic mass is 32.2. The van der Waals surface area contributed by atoms with Crippen molar-refractivity contribution in [2.75, 3.05) is 5.75 Å². The molecule has 2 aromatic heterocycles. The largest absolute Gasteiger partial charge is 0.416 e.